The third-order valence-corrected chi connectivity index (χ3v) is 4.02. The van der Waals surface area contributed by atoms with Crippen LogP contribution in [0, 0.1) is 11.8 Å². The zero-order chi connectivity index (χ0) is 14.3. The van der Waals surface area contributed by atoms with Crippen molar-refractivity contribution in [2.45, 2.75) is 52.0 Å². The Bertz CT molecular complexity index is 303. The summed E-state index contributed by atoms with van der Waals surface area (Å²) >= 11 is 0. The van der Waals surface area contributed by atoms with Gasteiger partial charge in [0.05, 0.1) is 12.5 Å². The highest BCUT2D eigenvalue weighted by Gasteiger charge is 2.32. The third kappa shape index (κ3) is 5.19. The van der Waals surface area contributed by atoms with E-state index in [-0.39, 0.29) is 30.3 Å². The van der Waals surface area contributed by atoms with Crippen molar-refractivity contribution in [1.82, 2.24) is 10.6 Å². The van der Waals surface area contributed by atoms with E-state index in [4.69, 9.17) is 5.11 Å². The average Bonchev–Trinajstić information content (AvgIpc) is 2.84. The first-order chi connectivity index (χ1) is 9.08. The van der Waals surface area contributed by atoms with Crippen LogP contribution in [-0.2, 0) is 9.59 Å². The van der Waals surface area contributed by atoms with Crippen molar-refractivity contribution in [3.63, 3.8) is 0 Å². The molecule has 1 saturated carbocycles. The van der Waals surface area contributed by atoms with Crippen LogP contribution in [0.3, 0.4) is 0 Å². The van der Waals surface area contributed by atoms with Crippen LogP contribution in [-0.4, -0.2) is 36.1 Å². The van der Waals surface area contributed by atoms with Crippen molar-refractivity contribution >= 4 is 11.9 Å². The van der Waals surface area contributed by atoms with Crippen LogP contribution >= 0.6 is 0 Å². The zero-order valence-corrected chi connectivity index (χ0v) is 11.9. The number of hydrogen-bond acceptors (Lipinski definition) is 3. The zero-order valence-electron chi connectivity index (χ0n) is 11.9. The number of carbonyl (C=O) groups excluding carboxylic acids is 1. The van der Waals surface area contributed by atoms with E-state index < -0.39 is 5.97 Å². The molecule has 2 unspecified atom stereocenters. The first kappa shape index (κ1) is 16.0. The lowest BCUT2D eigenvalue weighted by Gasteiger charge is -2.18. The molecule has 1 rings (SSSR count). The number of aliphatic carboxylic acids is 1. The van der Waals surface area contributed by atoms with Gasteiger partial charge in [-0.3, -0.25) is 9.59 Å². The van der Waals surface area contributed by atoms with Crippen LogP contribution in [0.1, 0.15) is 46.0 Å². The molecule has 0 heterocycles. The molecule has 1 amide bonds. The molecule has 0 spiro atoms. The monoisotopic (exact) mass is 270 g/mol. The molecule has 0 bridgehead atoms. The number of carbonyl (C=O) groups is 2. The van der Waals surface area contributed by atoms with Gasteiger partial charge in [0.2, 0.25) is 5.91 Å². The highest BCUT2D eigenvalue weighted by Crippen LogP contribution is 2.31. The van der Waals surface area contributed by atoms with Gasteiger partial charge in [0.25, 0.3) is 0 Å². The quantitative estimate of drug-likeness (QED) is 0.622. The molecule has 0 radical (unpaired) electrons. The van der Waals surface area contributed by atoms with E-state index in [9.17, 15) is 9.59 Å². The topological polar surface area (TPSA) is 78.4 Å². The Morgan fingerprint density at radius 2 is 1.95 bits per heavy atom. The van der Waals surface area contributed by atoms with Crippen molar-refractivity contribution < 1.29 is 14.7 Å². The Hall–Kier alpha value is -1.10. The molecule has 5 heteroatoms. The van der Waals surface area contributed by atoms with Gasteiger partial charge >= 0.3 is 5.97 Å². The summed E-state index contributed by atoms with van der Waals surface area (Å²) in [6.45, 7) is 5.00. The Morgan fingerprint density at radius 3 is 2.53 bits per heavy atom. The summed E-state index contributed by atoms with van der Waals surface area (Å²) in [5.74, 6) is -0.780. The Labute approximate surface area is 115 Å². The van der Waals surface area contributed by atoms with E-state index in [1.54, 1.807) is 0 Å². The largest absolute Gasteiger partial charge is 0.481 e. The molecule has 0 aromatic heterocycles. The Morgan fingerprint density at radius 1 is 1.26 bits per heavy atom. The predicted molar refractivity (Wildman–Crippen MR) is 73.8 cm³/mol. The second-order valence-corrected chi connectivity index (χ2v) is 5.35. The fourth-order valence-corrected chi connectivity index (χ4v) is 2.75. The van der Waals surface area contributed by atoms with Crippen LogP contribution in [0.5, 0.6) is 0 Å². The number of hydrogen-bond donors (Lipinski definition) is 3. The molecular weight excluding hydrogens is 244 g/mol. The Kier molecular flexibility index (Phi) is 6.84. The van der Waals surface area contributed by atoms with Crippen LogP contribution in [0.4, 0.5) is 0 Å². The fourth-order valence-electron chi connectivity index (χ4n) is 2.75. The standard InChI is InChI=1S/C14H26N2O3/c1-3-11(4-2)16-13(17)9-15-8-10-6-5-7-12(10)14(18)19/h10-12,15H,3-9H2,1-2H3,(H,16,17)(H,18,19). The lowest BCUT2D eigenvalue weighted by Crippen LogP contribution is -2.41. The summed E-state index contributed by atoms with van der Waals surface area (Å²) in [5, 5.41) is 15.1. The SMILES string of the molecule is CCC(CC)NC(=O)CNCC1CCCC1C(=O)O. The predicted octanol–water partition coefficient (Wildman–Crippen LogP) is 1.38. The molecule has 1 aliphatic rings. The van der Waals surface area contributed by atoms with Crippen LogP contribution in [0.2, 0.25) is 0 Å². The smallest absolute Gasteiger partial charge is 0.306 e. The molecule has 0 saturated heterocycles. The van der Waals surface area contributed by atoms with E-state index in [1.165, 1.54) is 0 Å². The van der Waals surface area contributed by atoms with Crippen molar-refractivity contribution in [2.75, 3.05) is 13.1 Å². The average molecular weight is 270 g/mol. The van der Waals surface area contributed by atoms with Gasteiger partial charge in [-0.15, -0.1) is 0 Å². The van der Waals surface area contributed by atoms with Gasteiger partial charge in [-0.25, -0.2) is 0 Å². The van der Waals surface area contributed by atoms with Gasteiger partial charge in [-0.05, 0) is 38.1 Å². The molecule has 1 fully saturated rings. The van der Waals surface area contributed by atoms with E-state index in [0.717, 1.165) is 32.1 Å². The molecule has 3 N–H and O–H groups in total. The van der Waals surface area contributed by atoms with Crippen molar-refractivity contribution in [3.05, 3.63) is 0 Å². The van der Waals surface area contributed by atoms with Gasteiger partial charge in [-0.1, -0.05) is 20.3 Å². The summed E-state index contributed by atoms with van der Waals surface area (Å²) in [6, 6.07) is 0.243. The van der Waals surface area contributed by atoms with Crippen LogP contribution in [0.15, 0.2) is 0 Å². The molecule has 0 aliphatic heterocycles. The van der Waals surface area contributed by atoms with E-state index in [1.807, 2.05) is 0 Å². The van der Waals surface area contributed by atoms with Gasteiger partial charge in [0, 0.05) is 6.04 Å². The van der Waals surface area contributed by atoms with Crippen molar-refractivity contribution in [3.8, 4) is 0 Å². The number of nitrogens with one attached hydrogen (secondary N) is 2. The minimum Gasteiger partial charge on any atom is -0.481 e. The maximum atomic E-state index is 11.7. The molecule has 19 heavy (non-hydrogen) atoms. The molecule has 1 aliphatic carbocycles. The second kappa shape index (κ2) is 8.15. The van der Waals surface area contributed by atoms with Gasteiger partial charge < -0.3 is 15.7 Å². The number of carboxylic acids is 1. The van der Waals surface area contributed by atoms with Gasteiger partial charge in [-0.2, -0.15) is 0 Å². The minimum absolute atomic E-state index is 0.00132. The summed E-state index contributed by atoms with van der Waals surface area (Å²) in [4.78, 5) is 22.7. The van der Waals surface area contributed by atoms with Gasteiger partial charge in [0.15, 0.2) is 0 Å². The number of rotatable bonds is 8. The summed E-state index contributed by atoms with van der Waals surface area (Å²) in [6.07, 6.45) is 4.56. The molecular formula is C14H26N2O3. The lowest BCUT2D eigenvalue weighted by molar-refractivity contribution is -0.142. The molecule has 110 valence electrons. The molecule has 0 aromatic rings. The highest BCUT2D eigenvalue weighted by atomic mass is 16.4. The first-order valence-corrected chi connectivity index (χ1v) is 7.31. The maximum absolute atomic E-state index is 11.7. The normalized spacial score (nSPS) is 22.7. The Balaban J connectivity index is 2.22. The highest BCUT2D eigenvalue weighted by molar-refractivity contribution is 5.78. The van der Waals surface area contributed by atoms with E-state index >= 15 is 0 Å². The van der Waals surface area contributed by atoms with E-state index in [2.05, 4.69) is 24.5 Å². The molecule has 5 nitrogen and oxygen atoms in total. The van der Waals surface area contributed by atoms with Crippen LogP contribution in [0.25, 0.3) is 0 Å². The summed E-state index contributed by atoms with van der Waals surface area (Å²) in [7, 11) is 0. The maximum Gasteiger partial charge on any atom is 0.306 e. The second-order valence-electron chi connectivity index (χ2n) is 5.35. The van der Waals surface area contributed by atoms with E-state index in [0.29, 0.717) is 6.54 Å². The first-order valence-electron chi connectivity index (χ1n) is 7.31. The summed E-state index contributed by atoms with van der Waals surface area (Å²) in [5.41, 5.74) is 0. The van der Waals surface area contributed by atoms with Crippen molar-refractivity contribution in [2.24, 2.45) is 11.8 Å². The number of carboxylic acid groups (broad SMARTS) is 1. The third-order valence-electron chi connectivity index (χ3n) is 4.02. The van der Waals surface area contributed by atoms with Crippen LogP contribution < -0.4 is 10.6 Å². The van der Waals surface area contributed by atoms with Crippen molar-refractivity contribution in [1.29, 1.82) is 0 Å². The fraction of sp³-hybridized carbons (Fsp3) is 0.857. The summed E-state index contributed by atoms with van der Waals surface area (Å²) < 4.78 is 0. The lowest BCUT2D eigenvalue weighted by atomic mass is 9.96. The molecule has 2 atom stereocenters. The van der Waals surface area contributed by atoms with Gasteiger partial charge in [0.1, 0.15) is 0 Å². The number of amides is 1. The molecule has 0 aromatic carbocycles. The minimum atomic E-state index is -0.703.